The molecule has 0 saturated carbocycles. The Kier molecular flexibility index (Phi) is 6.93. The summed E-state index contributed by atoms with van der Waals surface area (Å²) in [7, 11) is 1.67. The number of amides is 1. The van der Waals surface area contributed by atoms with Gasteiger partial charge in [0.25, 0.3) is 0 Å². The third kappa shape index (κ3) is 5.62. The summed E-state index contributed by atoms with van der Waals surface area (Å²) < 4.78 is 0. The number of nitrogens with zero attached hydrogens (tertiary/aromatic N) is 3. The lowest BCUT2D eigenvalue weighted by Gasteiger charge is -2.20. The molecular formula is C21H23ClN6O. The lowest BCUT2D eigenvalue weighted by Crippen LogP contribution is -2.46. The maximum Gasteiger partial charge on any atom is 0.243 e. The number of halogens is 1. The molecule has 1 aliphatic rings. The fraction of sp³-hybridized carbons (Fsp3) is 0.286. The molecule has 1 fully saturated rings. The van der Waals surface area contributed by atoms with E-state index in [0.29, 0.717) is 22.2 Å². The lowest BCUT2D eigenvalue weighted by atomic mass is 10.2. The van der Waals surface area contributed by atoms with Crippen LogP contribution in [-0.2, 0) is 4.79 Å². The molecule has 150 valence electrons. The summed E-state index contributed by atoms with van der Waals surface area (Å²) >= 11 is 6.24. The van der Waals surface area contributed by atoms with Crippen molar-refractivity contribution in [2.45, 2.75) is 12.5 Å². The average Bonchev–Trinajstić information content (AvgIpc) is 3.19. The summed E-state index contributed by atoms with van der Waals surface area (Å²) in [5, 5.41) is 9.83. The van der Waals surface area contributed by atoms with Crippen molar-refractivity contribution in [2.75, 3.05) is 36.9 Å². The number of benzene rings is 1. The van der Waals surface area contributed by atoms with Gasteiger partial charge in [-0.05, 0) is 36.8 Å². The van der Waals surface area contributed by atoms with Gasteiger partial charge in [-0.3, -0.25) is 9.79 Å². The zero-order valence-electron chi connectivity index (χ0n) is 16.2. The molecule has 3 rings (SSSR count). The number of rotatable bonds is 5. The SMILES string of the molecule is C#Cc1cccc(NC(=O)CNC(=NC)NC2CCN(c3ncccc3Cl)C2)c1. The van der Waals surface area contributed by atoms with Crippen molar-refractivity contribution in [1.82, 2.24) is 15.6 Å². The van der Waals surface area contributed by atoms with Crippen LogP contribution in [0.1, 0.15) is 12.0 Å². The molecule has 7 nitrogen and oxygen atoms in total. The van der Waals surface area contributed by atoms with Gasteiger partial charge in [-0.2, -0.15) is 0 Å². The van der Waals surface area contributed by atoms with Gasteiger partial charge in [0.2, 0.25) is 5.91 Å². The number of carbonyl (C=O) groups is 1. The molecule has 1 atom stereocenters. The Morgan fingerprint density at radius 2 is 2.28 bits per heavy atom. The highest BCUT2D eigenvalue weighted by atomic mass is 35.5. The van der Waals surface area contributed by atoms with Gasteiger partial charge in [-0.15, -0.1) is 6.42 Å². The van der Waals surface area contributed by atoms with Crippen LogP contribution in [0.25, 0.3) is 0 Å². The Hall–Kier alpha value is -3.24. The highest BCUT2D eigenvalue weighted by Crippen LogP contribution is 2.25. The fourth-order valence-electron chi connectivity index (χ4n) is 3.12. The van der Waals surface area contributed by atoms with Crippen molar-refractivity contribution in [2.24, 2.45) is 4.99 Å². The molecule has 8 heteroatoms. The molecule has 0 radical (unpaired) electrons. The van der Waals surface area contributed by atoms with E-state index in [1.54, 1.807) is 31.4 Å². The third-order valence-corrected chi connectivity index (χ3v) is 4.82. The molecule has 0 bridgehead atoms. The largest absolute Gasteiger partial charge is 0.353 e. The van der Waals surface area contributed by atoms with E-state index in [4.69, 9.17) is 18.0 Å². The Bertz CT molecular complexity index is 939. The number of nitrogens with one attached hydrogen (secondary N) is 3. The number of guanidine groups is 1. The number of aromatic nitrogens is 1. The zero-order valence-corrected chi connectivity index (χ0v) is 16.9. The van der Waals surface area contributed by atoms with Gasteiger partial charge < -0.3 is 20.9 Å². The van der Waals surface area contributed by atoms with Crippen molar-refractivity contribution in [3.05, 3.63) is 53.2 Å². The van der Waals surface area contributed by atoms with Gasteiger partial charge in [-0.1, -0.05) is 23.6 Å². The summed E-state index contributed by atoms with van der Waals surface area (Å²) in [6.07, 6.45) is 8.04. The Labute approximate surface area is 175 Å². The van der Waals surface area contributed by atoms with Gasteiger partial charge in [0.1, 0.15) is 5.82 Å². The number of hydrogen-bond acceptors (Lipinski definition) is 4. The Morgan fingerprint density at radius 1 is 1.41 bits per heavy atom. The molecule has 0 aliphatic carbocycles. The molecule has 1 aliphatic heterocycles. The summed E-state index contributed by atoms with van der Waals surface area (Å²) in [6.45, 7) is 1.68. The van der Waals surface area contributed by atoms with Gasteiger partial charge in [0.05, 0.1) is 11.6 Å². The van der Waals surface area contributed by atoms with Crippen molar-refractivity contribution in [1.29, 1.82) is 0 Å². The molecular weight excluding hydrogens is 388 g/mol. The Balaban J connectivity index is 1.48. The molecule has 1 unspecified atom stereocenters. The second-order valence-electron chi connectivity index (χ2n) is 6.58. The van der Waals surface area contributed by atoms with Crippen molar-refractivity contribution < 1.29 is 4.79 Å². The van der Waals surface area contributed by atoms with E-state index in [9.17, 15) is 4.79 Å². The van der Waals surface area contributed by atoms with E-state index < -0.39 is 0 Å². The normalized spacial score (nSPS) is 16.2. The van der Waals surface area contributed by atoms with E-state index >= 15 is 0 Å². The number of pyridine rings is 1. The van der Waals surface area contributed by atoms with E-state index in [-0.39, 0.29) is 18.5 Å². The van der Waals surface area contributed by atoms with Crippen LogP contribution < -0.4 is 20.9 Å². The topological polar surface area (TPSA) is 81.6 Å². The molecule has 2 heterocycles. The van der Waals surface area contributed by atoms with Crippen molar-refractivity contribution in [3.63, 3.8) is 0 Å². The second-order valence-corrected chi connectivity index (χ2v) is 6.99. The minimum Gasteiger partial charge on any atom is -0.353 e. The molecule has 1 aromatic carbocycles. The predicted molar refractivity (Wildman–Crippen MR) is 117 cm³/mol. The van der Waals surface area contributed by atoms with Crippen molar-refractivity contribution in [3.8, 4) is 12.3 Å². The smallest absolute Gasteiger partial charge is 0.243 e. The van der Waals surface area contributed by atoms with Crippen LogP contribution in [0.2, 0.25) is 5.02 Å². The second kappa shape index (κ2) is 9.80. The number of terminal acetylenes is 1. The fourth-order valence-corrected chi connectivity index (χ4v) is 3.37. The third-order valence-electron chi connectivity index (χ3n) is 4.52. The van der Waals surface area contributed by atoms with E-state index in [2.05, 4.69) is 36.7 Å². The van der Waals surface area contributed by atoms with E-state index in [0.717, 1.165) is 25.3 Å². The van der Waals surface area contributed by atoms with Crippen LogP contribution in [0.15, 0.2) is 47.6 Å². The quantitative estimate of drug-likeness (QED) is 0.399. The standard InChI is InChI=1S/C21H23ClN6O/c1-3-15-6-4-7-16(12-15)26-19(29)13-25-21(23-2)27-17-9-11-28(14-17)20-18(22)8-5-10-24-20/h1,4-8,10,12,17H,9,11,13-14H2,2H3,(H,26,29)(H2,23,25,27). The van der Waals surface area contributed by atoms with Crippen LogP contribution in [0, 0.1) is 12.3 Å². The Morgan fingerprint density at radius 3 is 3.03 bits per heavy atom. The summed E-state index contributed by atoms with van der Waals surface area (Å²) in [4.78, 5) is 22.9. The summed E-state index contributed by atoms with van der Waals surface area (Å²) in [5.41, 5.74) is 1.38. The van der Waals surface area contributed by atoms with Crippen LogP contribution in [-0.4, -0.2) is 49.6 Å². The highest BCUT2D eigenvalue weighted by Gasteiger charge is 2.25. The maximum atomic E-state index is 12.2. The highest BCUT2D eigenvalue weighted by molar-refractivity contribution is 6.32. The predicted octanol–water partition coefficient (Wildman–Crippen LogP) is 2.10. The zero-order chi connectivity index (χ0) is 20.6. The van der Waals surface area contributed by atoms with Crippen LogP contribution in [0.3, 0.4) is 0 Å². The minimum atomic E-state index is -0.185. The van der Waals surface area contributed by atoms with Gasteiger partial charge in [0, 0.05) is 43.6 Å². The van der Waals surface area contributed by atoms with Crippen LogP contribution in [0.4, 0.5) is 11.5 Å². The van der Waals surface area contributed by atoms with Crippen LogP contribution >= 0.6 is 11.6 Å². The first-order valence-electron chi connectivity index (χ1n) is 9.28. The molecule has 1 saturated heterocycles. The summed E-state index contributed by atoms with van der Waals surface area (Å²) in [6, 6.07) is 11.0. The molecule has 29 heavy (non-hydrogen) atoms. The maximum absolute atomic E-state index is 12.2. The molecule has 1 aromatic heterocycles. The summed E-state index contributed by atoms with van der Waals surface area (Å²) in [5.74, 6) is 3.71. The van der Waals surface area contributed by atoms with Gasteiger partial charge >= 0.3 is 0 Å². The monoisotopic (exact) mass is 410 g/mol. The van der Waals surface area contributed by atoms with Crippen molar-refractivity contribution >= 4 is 35.0 Å². The number of carbonyl (C=O) groups excluding carboxylic acids is 1. The van der Waals surface area contributed by atoms with Gasteiger partial charge in [-0.25, -0.2) is 4.98 Å². The number of anilines is 2. The number of hydrogen-bond donors (Lipinski definition) is 3. The van der Waals surface area contributed by atoms with E-state index in [1.807, 2.05) is 18.2 Å². The first-order valence-corrected chi connectivity index (χ1v) is 9.66. The lowest BCUT2D eigenvalue weighted by molar-refractivity contribution is -0.115. The minimum absolute atomic E-state index is 0.0858. The van der Waals surface area contributed by atoms with E-state index in [1.165, 1.54) is 0 Å². The molecule has 0 spiro atoms. The molecule has 2 aromatic rings. The average molecular weight is 411 g/mol. The molecule has 3 N–H and O–H groups in total. The van der Waals surface area contributed by atoms with Gasteiger partial charge in [0.15, 0.2) is 5.96 Å². The van der Waals surface area contributed by atoms with Crippen LogP contribution in [0.5, 0.6) is 0 Å². The number of aliphatic imine (C=N–C) groups is 1. The first-order chi connectivity index (χ1) is 14.1. The molecule has 1 amide bonds. The first kappa shape index (κ1) is 20.5.